The smallest absolute Gasteiger partial charge is 0.414 e. The Bertz CT molecular complexity index is 746. The number of ether oxygens (including phenoxy) is 2. The van der Waals surface area contributed by atoms with Gasteiger partial charge in [0.1, 0.15) is 6.10 Å². The molecule has 0 saturated carbocycles. The Labute approximate surface area is 177 Å². The second-order valence-corrected chi connectivity index (χ2v) is 9.19. The predicted molar refractivity (Wildman–Crippen MR) is 111 cm³/mol. The molecule has 2 aliphatic rings. The van der Waals surface area contributed by atoms with E-state index in [-0.39, 0.29) is 36.4 Å². The van der Waals surface area contributed by atoms with Crippen LogP contribution in [-0.2, 0) is 20.8 Å². The van der Waals surface area contributed by atoms with E-state index in [4.69, 9.17) is 15.2 Å². The average molecular weight is 419 g/mol. The molecule has 0 aromatic heterocycles. The van der Waals surface area contributed by atoms with Crippen LogP contribution in [0.5, 0.6) is 0 Å². The molecule has 3 unspecified atom stereocenters. The zero-order valence-corrected chi connectivity index (χ0v) is 18.0. The van der Waals surface area contributed by atoms with Gasteiger partial charge >= 0.3 is 6.09 Å². The number of nitrogens with two attached hydrogens (primary N) is 1. The number of piperidine rings is 1. The highest BCUT2D eigenvalue weighted by atomic mass is 16.6. The van der Waals surface area contributed by atoms with Gasteiger partial charge in [0.25, 0.3) is 0 Å². The monoisotopic (exact) mass is 418 g/mol. The van der Waals surface area contributed by atoms with E-state index in [1.165, 1.54) is 0 Å². The van der Waals surface area contributed by atoms with Crippen molar-refractivity contribution in [2.75, 3.05) is 31.1 Å². The van der Waals surface area contributed by atoms with Gasteiger partial charge in [-0.15, -0.1) is 0 Å². The number of rotatable bonds is 7. The van der Waals surface area contributed by atoms with Crippen molar-refractivity contribution in [3.63, 3.8) is 0 Å². The maximum Gasteiger partial charge on any atom is 0.414 e. The fourth-order valence-corrected chi connectivity index (χ4v) is 4.34. The molecule has 2 saturated heterocycles. The Morgan fingerprint density at radius 1 is 1.30 bits per heavy atom. The van der Waals surface area contributed by atoms with E-state index in [0.29, 0.717) is 19.6 Å². The van der Waals surface area contributed by atoms with Crippen LogP contribution in [0.2, 0.25) is 0 Å². The third kappa shape index (κ3) is 5.50. The fourth-order valence-electron chi connectivity index (χ4n) is 4.34. The summed E-state index contributed by atoms with van der Waals surface area (Å²) in [6, 6.07) is 7.81. The lowest BCUT2D eigenvalue weighted by molar-refractivity contribution is -0.311. The third-order valence-electron chi connectivity index (χ3n) is 5.90. The Kier molecular flexibility index (Phi) is 7.00. The first kappa shape index (κ1) is 22.5. The summed E-state index contributed by atoms with van der Waals surface area (Å²) in [5.74, 6) is -1.19. The molecule has 8 nitrogen and oxygen atoms in total. The molecule has 3 rings (SSSR count). The van der Waals surface area contributed by atoms with E-state index in [1.54, 1.807) is 4.90 Å². The van der Waals surface area contributed by atoms with Crippen LogP contribution in [0.4, 0.5) is 10.5 Å². The van der Waals surface area contributed by atoms with Gasteiger partial charge in [0, 0.05) is 31.4 Å². The molecule has 3 atom stereocenters. The van der Waals surface area contributed by atoms with Crippen molar-refractivity contribution in [3.8, 4) is 0 Å². The molecule has 2 N–H and O–H groups in total. The number of anilines is 1. The van der Waals surface area contributed by atoms with Gasteiger partial charge in [-0.25, -0.2) is 4.79 Å². The van der Waals surface area contributed by atoms with Crippen molar-refractivity contribution in [2.45, 2.75) is 58.4 Å². The van der Waals surface area contributed by atoms with Crippen LogP contribution in [0.3, 0.4) is 0 Å². The summed E-state index contributed by atoms with van der Waals surface area (Å²) in [7, 11) is 0. The lowest BCUT2D eigenvalue weighted by Crippen LogP contribution is -2.53. The summed E-state index contributed by atoms with van der Waals surface area (Å²) < 4.78 is 11.2. The topological polar surface area (TPSA) is 108 Å². The number of carboxylic acids is 1. The molecular weight excluding hydrogens is 386 g/mol. The predicted octanol–water partition coefficient (Wildman–Crippen LogP) is 1.12. The lowest BCUT2D eigenvalue weighted by atomic mass is 9.79. The minimum absolute atomic E-state index is 0.0239. The molecular formula is C22H32N3O5-. The van der Waals surface area contributed by atoms with E-state index < -0.39 is 5.97 Å². The third-order valence-corrected chi connectivity index (χ3v) is 5.90. The molecule has 166 valence electrons. The molecule has 2 heterocycles. The van der Waals surface area contributed by atoms with Crippen LogP contribution in [0.15, 0.2) is 24.3 Å². The van der Waals surface area contributed by atoms with Crippen molar-refractivity contribution in [1.29, 1.82) is 0 Å². The number of carboxylic acid groups (broad SMARTS) is 1. The standard InChI is InChI=1S/C22H33N3O5/c1-22(2,3)19-10-17(29-14-20(26)27)8-9-24(19)12-18-13-25(21(28)30-18)16-6-4-15(11-23)5-7-16/h4-7,17-19H,8-14,23H2,1-3H3,(H,26,27)/p-1. The van der Waals surface area contributed by atoms with E-state index >= 15 is 0 Å². The molecule has 1 amide bonds. The molecule has 2 aliphatic heterocycles. The first-order valence-corrected chi connectivity index (χ1v) is 10.5. The first-order valence-electron chi connectivity index (χ1n) is 10.5. The number of amides is 1. The number of aliphatic carboxylic acids is 1. The number of hydrogen-bond acceptors (Lipinski definition) is 7. The molecule has 2 fully saturated rings. The Hall–Kier alpha value is -2.16. The van der Waals surface area contributed by atoms with Crippen molar-refractivity contribution >= 4 is 17.7 Å². The van der Waals surface area contributed by atoms with Crippen LogP contribution < -0.4 is 15.7 Å². The van der Waals surface area contributed by atoms with Gasteiger partial charge in [0.05, 0.1) is 25.2 Å². The van der Waals surface area contributed by atoms with E-state index in [0.717, 1.165) is 30.6 Å². The highest BCUT2D eigenvalue weighted by Crippen LogP contribution is 2.34. The molecule has 0 aliphatic carbocycles. The van der Waals surface area contributed by atoms with Gasteiger partial charge in [-0.3, -0.25) is 9.80 Å². The van der Waals surface area contributed by atoms with Crippen molar-refractivity contribution in [3.05, 3.63) is 29.8 Å². The van der Waals surface area contributed by atoms with Gasteiger partial charge in [0.15, 0.2) is 0 Å². The van der Waals surface area contributed by atoms with Crippen LogP contribution >= 0.6 is 0 Å². The van der Waals surface area contributed by atoms with Crippen molar-refractivity contribution in [1.82, 2.24) is 4.90 Å². The molecule has 0 bridgehead atoms. The van der Waals surface area contributed by atoms with Crippen molar-refractivity contribution in [2.24, 2.45) is 11.1 Å². The summed E-state index contributed by atoms with van der Waals surface area (Å²) in [5.41, 5.74) is 7.44. The quantitative estimate of drug-likeness (QED) is 0.707. The maximum absolute atomic E-state index is 12.4. The van der Waals surface area contributed by atoms with Gasteiger partial charge < -0.3 is 25.1 Å². The van der Waals surface area contributed by atoms with Crippen LogP contribution in [0, 0.1) is 5.41 Å². The largest absolute Gasteiger partial charge is 0.548 e. The number of nitrogens with zero attached hydrogens (tertiary/aromatic N) is 2. The summed E-state index contributed by atoms with van der Waals surface area (Å²) in [6.07, 6.45) is 0.816. The van der Waals surface area contributed by atoms with Gasteiger partial charge in [-0.1, -0.05) is 32.9 Å². The zero-order chi connectivity index (χ0) is 21.9. The van der Waals surface area contributed by atoms with Crippen LogP contribution in [-0.4, -0.2) is 61.5 Å². The number of cyclic esters (lactones) is 1. The summed E-state index contributed by atoms with van der Waals surface area (Å²) >= 11 is 0. The summed E-state index contributed by atoms with van der Waals surface area (Å²) in [4.78, 5) is 27.2. The zero-order valence-electron chi connectivity index (χ0n) is 18.0. The maximum atomic E-state index is 12.4. The van der Waals surface area contributed by atoms with E-state index in [9.17, 15) is 14.7 Å². The second kappa shape index (κ2) is 9.32. The molecule has 1 aromatic rings. The number of carbonyl (C=O) groups excluding carboxylic acids is 2. The van der Waals surface area contributed by atoms with E-state index in [2.05, 4.69) is 25.7 Å². The fraction of sp³-hybridized carbons (Fsp3) is 0.636. The molecule has 0 spiro atoms. The highest BCUT2D eigenvalue weighted by Gasteiger charge is 2.40. The lowest BCUT2D eigenvalue weighted by Gasteiger charge is -2.46. The number of likely N-dealkylation sites (tertiary alicyclic amines) is 1. The number of benzene rings is 1. The van der Waals surface area contributed by atoms with Crippen LogP contribution in [0.1, 0.15) is 39.2 Å². The minimum Gasteiger partial charge on any atom is -0.548 e. The Morgan fingerprint density at radius 3 is 2.60 bits per heavy atom. The SMILES string of the molecule is CC(C)(C)C1CC(OCC(=O)[O-])CCN1CC1CN(c2ccc(CN)cc2)C(=O)O1. The number of carbonyl (C=O) groups is 2. The summed E-state index contributed by atoms with van der Waals surface area (Å²) in [6.45, 7) is 8.48. The molecule has 1 aromatic carbocycles. The minimum atomic E-state index is -1.19. The Morgan fingerprint density at radius 2 is 2.00 bits per heavy atom. The molecule has 8 heteroatoms. The normalized spacial score (nSPS) is 25.4. The second-order valence-electron chi connectivity index (χ2n) is 9.19. The molecule has 0 radical (unpaired) electrons. The van der Waals surface area contributed by atoms with Crippen LogP contribution in [0.25, 0.3) is 0 Å². The number of hydrogen-bond donors (Lipinski definition) is 1. The van der Waals surface area contributed by atoms with Gasteiger partial charge in [0.2, 0.25) is 0 Å². The van der Waals surface area contributed by atoms with Gasteiger partial charge in [-0.05, 0) is 36.0 Å². The first-order chi connectivity index (χ1) is 14.2. The Balaban J connectivity index is 1.62. The summed E-state index contributed by atoms with van der Waals surface area (Å²) in [5, 5.41) is 10.7. The molecule has 30 heavy (non-hydrogen) atoms. The van der Waals surface area contributed by atoms with Gasteiger partial charge in [-0.2, -0.15) is 0 Å². The van der Waals surface area contributed by atoms with Crippen molar-refractivity contribution < 1.29 is 24.2 Å². The van der Waals surface area contributed by atoms with E-state index in [1.807, 2.05) is 24.3 Å². The highest BCUT2D eigenvalue weighted by molar-refractivity contribution is 5.89. The average Bonchev–Trinajstić information content (AvgIpc) is 3.06.